The lowest BCUT2D eigenvalue weighted by Gasteiger charge is -2.19. The van der Waals surface area contributed by atoms with Crippen LogP contribution in [0.5, 0.6) is 0 Å². The van der Waals surface area contributed by atoms with E-state index in [1.165, 1.54) is 28.4 Å². The predicted molar refractivity (Wildman–Crippen MR) is 90.4 cm³/mol. The van der Waals surface area contributed by atoms with Gasteiger partial charge in [-0.05, 0) is 44.0 Å². The number of halogens is 1. The second-order valence-corrected chi connectivity index (χ2v) is 6.22. The molecule has 3 aromatic rings. The van der Waals surface area contributed by atoms with E-state index in [0.717, 1.165) is 16.7 Å². The van der Waals surface area contributed by atoms with Crippen molar-refractivity contribution in [3.63, 3.8) is 0 Å². The van der Waals surface area contributed by atoms with E-state index in [-0.39, 0.29) is 6.04 Å². The molecule has 0 aliphatic heterocycles. The summed E-state index contributed by atoms with van der Waals surface area (Å²) in [6, 6.07) is 10.4. The van der Waals surface area contributed by atoms with E-state index in [2.05, 4.69) is 53.0 Å². The van der Waals surface area contributed by atoms with Crippen LogP contribution in [0.3, 0.4) is 0 Å². The summed E-state index contributed by atoms with van der Waals surface area (Å²) in [6.07, 6.45) is 0. The molecule has 1 N–H and O–H groups in total. The monoisotopic (exact) mass is 317 g/mol. The molecule has 0 aliphatic rings. The van der Waals surface area contributed by atoms with Gasteiger partial charge in [0.25, 0.3) is 0 Å². The Kier molecular flexibility index (Phi) is 3.83. The van der Waals surface area contributed by atoms with Gasteiger partial charge in [0, 0.05) is 6.04 Å². The highest BCUT2D eigenvalue weighted by Gasteiger charge is 2.14. The first-order chi connectivity index (χ1) is 10.1. The van der Waals surface area contributed by atoms with Crippen molar-refractivity contribution in [2.24, 2.45) is 0 Å². The molecule has 3 rings (SSSR count). The van der Waals surface area contributed by atoms with E-state index < -0.39 is 0 Å². The molecule has 21 heavy (non-hydrogen) atoms. The minimum Gasteiger partial charge on any atom is -0.375 e. The Morgan fingerprint density at radius 2 is 1.95 bits per heavy atom. The average Bonchev–Trinajstić information content (AvgIpc) is 2.90. The van der Waals surface area contributed by atoms with Gasteiger partial charge in [0.15, 0.2) is 0 Å². The summed E-state index contributed by atoms with van der Waals surface area (Å²) < 4.78 is 8.61. The topological polar surface area (TPSA) is 37.8 Å². The molecule has 2 aromatic carbocycles. The van der Waals surface area contributed by atoms with Crippen molar-refractivity contribution in [2.45, 2.75) is 26.8 Å². The highest BCUT2D eigenvalue weighted by molar-refractivity contribution is 7.00. The molecular weight excluding hydrogens is 302 g/mol. The van der Waals surface area contributed by atoms with Crippen molar-refractivity contribution in [2.75, 3.05) is 5.32 Å². The minimum absolute atomic E-state index is 0.149. The van der Waals surface area contributed by atoms with Gasteiger partial charge in [-0.3, -0.25) is 0 Å². The van der Waals surface area contributed by atoms with E-state index in [1.54, 1.807) is 0 Å². The van der Waals surface area contributed by atoms with E-state index in [1.807, 2.05) is 12.1 Å². The Hall–Kier alpha value is -1.65. The molecule has 1 unspecified atom stereocenters. The largest absolute Gasteiger partial charge is 0.375 e. The summed E-state index contributed by atoms with van der Waals surface area (Å²) in [5.41, 5.74) is 6.37. The lowest BCUT2D eigenvalue weighted by Crippen LogP contribution is -2.09. The second kappa shape index (κ2) is 5.62. The Balaban J connectivity index is 1.98. The van der Waals surface area contributed by atoms with Crippen LogP contribution in [0, 0.1) is 13.8 Å². The first kappa shape index (κ1) is 14.3. The maximum atomic E-state index is 6.33. The molecule has 5 heteroatoms. The zero-order valence-corrected chi connectivity index (χ0v) is 13.7. The van der Waals surface area contributed by atoms with Gasteiger partial charge < -0.3 is 5.32 Å². The van der Waals surface area contributed by atoms with Crippen LogP contribution >= 0.6 is 23.3 Å². The molecule has 1 heterocycles. The number of aryl methyl sites for hydroxylation is 2. The lowest BCUT2D eigenvalue weighted by atomic mass is 10.00. The Morgan fingerprint density at radius 3 is 2.71 bits per heavy atom. The number of hydrogen-bond donors (Lipinski definition) is 1. The van der Waals surface area contributed by atoms with Gasteiger partial charge in [0.05, 0.1) is 22.4 Å². The summed E-state index contributed by atoms with van der Waals surface area (Å²) in [7, 11) is 0. The zero-order valence-electron chi connectivity index (χ0n) is 12.1. The van der Waals surface area contributed by atoms with Crippen molar-refractivity contribution >= 4 is 40.0 Å². The molecule has 0 radical (unpaired) electrons. The van der Waals surface area contributed by atoms with Crippen LogP contribution in [-0.4, -0.2) is 8.75 Å². The predicted octanol–water partition coefficient (Wildman–Crippen LogP) is 5.13. The van der Waals surface area contributed by atoms with E-state index in [4.69, 9.17) is 11.6 Å². The molecule has 0 saturated heterocycles. The van der Waals surface area contributed by atoms with Crippen LogP contribution in [0.1, 0.15) is 29.7 Å². The van der Waals surface area contributed by atoms with Gasteiger partial charge in [-0.15, -0.1) is 0 Å². The number of aromatic nitrogens is 2. The molecule has 0 spiro atoms. The van der Waals surface area contributed by atoms with Crippen molar-refractivity contribution in [1.82, 2.24) is 8.75 Å². The van der Waals surface area contributed by atoms with Crippen molar-refractivity contribution < 1.29 is 0 Å². The third-order valence-corrected chi connectivity index (χ3v) is 4.49. The third kappa shape index (κ3) is 2.74. The number of fused-ring (bicyclic) bond motifs is 1. The van der Waals surface area contributed by atoms with Crippen molar-refractivity contribution in [3.05, 3.63) is 52.0 Å². The normalized spacial score (nSPS) is 12.6. The molecule has 0 amide bonds. The quantitative estimate of drug-likeness (QED) is 0.727. The smallest absolute Gasteiger partial charge is 0.129 e. The fourth-order valence-electron chi connectivity index (χ4n) is 2.57. The summed E-state index contributed by atoms with van der Waals surface area (Å²) in [5.74, 6) is 0. The first-order valence-electron chi connectivity index (χ1n) is 6.80. The van der Waals surface area contributed by atoms with E-state index >= 15 is 0 Å². The number of nitrogens with one attached hydrogen (secondary N) is 1. The van der Waals surface area contributed by atoms with Gasteiger partial charge >= 0.3 is 0 Å². The Labute approximate surface area is 133 Å². The summed E-state index contributed by atoms with van der Waals surface area (Å²) in [4.78, 5) is 0. The molecule has 0 saturated carbocycles. The lowest BCUT2D eigenvalue weighted by molar-refractivity contribution is 0.874. The number of nitrogens with zero attached hydrogens (tertiary/aromatic N) is 2. The molecule has 3 nitrogen and oxygen atoms in total. The summed E-state index contributed by atoms with van der Waals surface area (Å²) >= 11 is 7.54. The van der Waals surface area contributed by atoms with E-state index in [9.17, 15) is 0 Å². The van der Waals surface area contributed by atoms with Gasteiger partial charge in [0.1, 0.15) is 11.0 Å². The summed E-state index contributed by atoms with van der Waals surface area (Å²) in [5, 5.41) is 4.16. The molecule has 108 valence electrons. The average molecular weight is 318 g/mol. The molecular formula is C16H16ClN3S. The van der Waals surface area contributed by atoms with Crippen molar-refractivity contribution in [3.8, 4) is 0 Å². The van der Waals surface area contributed by atoms with Gasteiger partial charge in [0.2, 0.25) is 0 Å². The highest BCUT2D eigenvalue weighted by atomic mass is 35.5. The number of benzene rings is 2. The first-order valence-corrected chi connectivity index (χ1v) is 7.91. The van der Waals surface area contributed by atoms with Gasteiger partial charge in [-0.1, -0.05) is 35.4 Å². The Bertz CT molecular complexity index is 797. The SMILES string of the molecule is Cc1ccc(C(C)Nc2c(Cl)ccc3nsnc23)c(C)c1. The number of anilines is 1. The van der Waals surface area contributed by atoms with Gasteiger partial charge in [-0.25, -0.2) is 0 Å². The number of hydrogen-bond acceptors (Lipinski definition) is 4. The standard InChI is InChI=1S/C16H16ClN3S/c1-9-4-5-12(10(2)8-9)11(3)18-15-13(17)6-7-14-16(15)20-21-19-14/h4-8,11,18H,1-3H3. The van der Waals surface area contributed by atoms with Crippen LogP contribution in [0.15, 0.2) is 30.3 Å². The van der Waals surface area contributed by atoms with Gasteiger partial charge in [-0.2, -0.15) is 8.75 Å². The third-order valence-electron chi connectivity index (χ3n) is 3.63. The maximum absolute atomic E-state index is 6.33. The fourth-order valence-corrected chi connectivity index (χ4v) is 3.32. The molecule has 0 bridgehead atoms. The second-order valence-electron chi connectivity index (χ2n) is 5.28. The van der Waals surface area contributed by atoms with E-state index in [0.29, 0.717) is 5.02 Å². The van der Waals surface area contributed by atoms with Crippen LogP contribution in [0.2, 0.25) is 5.02 Å². The number of rotatable bonds is 3. The highest BCUT2D eigenvalue weighted by Crippen LogP contribution is 2.33. The molecule has 0 fully saturated rings. The van der Waals surface area contributed by atoms with Crippen LogP contribution < -0.4 is 5.32 Å². The zero-order chi connectivity index (χ0) is 15.0. The summed E-state index contributed by atoms with van der Waals surface area (Å²) in [6.45, 7) is 6.37. The minimum atomic E-state index is 0.149. The Morgan fingerprint density at radius 1 is 1.14 bits per heavy atom. The maximum Gasteiger partial charge on any atom is 0.129 e. The molecule has 1 atom stereocenters. The van der Waals surface area contributed by atoms with Crippen molar-refractivity contribution in [1.29, 1.82) is 0 Å². The fraction of sp³-hybridized carbons (Fsp3) is 0.250. The van der Waals surface area contributed by atoms with Crippen LogP contribution in [0.4, 0.5) is 5.69 Å². The van der Waals surface area contributed by atoms with Crippen LogP contribution in [0.25, 0.3) is 11.0 Å². The molecule has 0 aliphatic carbocycles. The van der Waals surface area contributed by atoms with Crippen LogP contribution in [-0.2, 0) is 0 Å². The molecule has 1 aromatic heterocycles.